The molecule has 0 bridgehead atoms. The number of aliphatic carboxylic acids is 2. The van der Waals surface area contributed by atoms with Crippen LogP contribution in [-0.2, 0) is 14.4 Å². The van der Waals surface area contributed by atoms with Gasteiger partial charge in [-0.1, -0.05) is 12.8 Å². The number of carboxylic acids is 2. The Morgan fingerprint density at radius 3 is 2.05 bits per heavy atom. The molecule has 6 nitrogen and oxygen atoms in total. The topological polar surface area (TPSA) is 94.9 Å². The number of nitrogens with zero attached hydrogens (tertiary/aromatic N) is 1. The van der Waals surface area contributed by atoms with Crippen LogP contribution in [0.2, 0.25) is 0 Å². The first-order chi connectivity index (χ1) is 9.52. The molecule has 0 atom stereocenters. The first-order valence-electron chi connectivity index (χ1n) is 7.25. The van der Waals surface area contributed by atoms with Gasteiger partial charge >= 0.3 is 11.9 Å². The fraction of sp³-hybridized carbons (Fsp3) is 0.786. The van der Waals surface area contributed by atoms with Crippen LogP contribution in [0.15, 0.2) is 0 Å². The summed E-state index contributed by atoms with van der Waals surface area (Å²) in [5, 5.41) is 17.4. The summed E-state index contributed by atoms with van der Waals surface area (Å²) in [6.07, 6.45) is 5.85. The number of carboxylic acid groups (broad SMARTS) is 2. The van der Waals surface area contributed by atoms with Crippen LogP contribution in [-0.4, -0.2) is 46.0 Å². The van der Waals surface area contributed by atoms with Crippen LogP contribution in [0.3, 0.4) is 0 Å². The molecular weight excluding hydrogens is 262 g/mol. The van der Waals surface area contributed by atoms with Crippen molar-refractivity contribution in [2.24, 2.45) is 5.92 Å². The first-order valence-corrected chi connectivity index (χ1v) is 7.25. The Morgan fingerprint density at radius 2 is 1.50 bits per heavy atom. The van der Waals surface area contributed by atoms with Crippen molar-refractivity contribution in [2.75, 3.05) is 13.1 Å². The molecule has 1 rings (SSSR count). The van der Waals surface area contributed by atoms with Crippen LogP contribution < -0.4 is 0 Å². The molecule has 1 fully saturated rings. The Labute approximate surface area is 118 Å². The van der Waals surface area contributed by atoms with Gasteiger partial charge in [-0.2, -0.15) is 0 Å². The number of hydrogen-bond acceptors (Lipinski definition) is 3. The Balaban J connectivity index is 2.13. The molecular formula is C14H23NO5. The van der Waals surface area contributed by atoms with Crippen LogP contribution in [0, 0.1) is 5.92 Å². The lowest BCUT2D eigenvalue weighted by Gasteiger charge is -2.26. The van der Waals surface area contributed by atoms with E-state index in [0.29, 0.717) is 25.7 Å². The molecule has 0 aromatic carbocycles. The Kier molecular flexibility index (Phi) is 7.04. The van der Waals surface area contributed by atoms with Gasteiger partial charge in [-0.15, -0.1) is 0 Å². The van der Waals surface area contributed by atoms with E-state index >= 15 is 0 Å². The zero-order valence-electron chi connectivity index (χ0n) is 11.7. The molecule has 6 heteroatoms. The van der Waals surface area contributed by atoms with E-state index in [9.17, 15) is 14.4 Å². The number of hydrogen-bond donors (Lipinski definition) is 2. The maximum absolute atomic E-state index is 11.8. The third-order valence-electron chi connectivity index (χ3n) is 3.69. The summed E-state index contributed by atoms with van der Waals surface area (Å²) >= 11 is 0. The highest BCUT2D eigenvalue weighted by Gasteiger charge is 2.24. The highest BCUT2D eigenvalue weighted by molar-refractivity contribution is 5.92. The fourth-order valence-corrected chi connectivity index (χ4v) is 2.46. The quantitative estimate of drug-likeness (QED) is 0.523. The molecule has 1 aliphatic heterocycles. The smallest absolute Gasteiger partial charge is 0.317 e. The summed E-state index contributed by atoms with van der Waals surface area (Å²) in [7, 11) is 0. The Bertz CT molecular complexity index is 335. The molecule has 0 radical (unpaired) electrons. The molecule has 1 heterocycles. The molecule has 1 amide bonds. The van der Waals surface area contributed by atoms with Crippen molar-refractivity contribution >= 4 is 17.8 Å². The van der Waals surface area contributed by atoms with E-state index in [1.807, 2.05) is 4.90 Å². The van der Waals surface area contributed by atoms with E-state index in [1.54, 1.807) is 0 Å². The van der Waals surface area contributed by atoms with Crippen LogP contribution in [0.4, 0.5) is 0 Å². The zero-order valence-corrected chi connectivity index (χ0v) is 11.7. The lowest BCUT2D eigenvalue weighted by Crippen LogP contribution is -2.35. The first kappa shape index (κ1) is 16.5. The van der Waals surface area contributed by atoms with Gasteiger partial charge in [0.25, 0.3) is 0 Å². The standard InChI is InChI=1S/C14H23NO5/c16-12(15-9-5-2-6-10-15)8-4-1-3-7-11(13(17)18)14(19)20/h11H,1-10H2,(H,17,18)(H,19,20). The number of carbonyl (C=O) groups excluding carboxylic acids is 1. The number of piperidine rings is 1. The van der Waals surface area contributed by atoms with Crippen LogP contribution in [0.25, 0.3) is 0 Å². The molecule has 1 aliphatic rings. The van der Waals surface area contributed by atoms with Crippen molar-refractivity contribution in [2.45, 2.75) is 51.4 Å². The predicted molar refractivity (Wildman–Crippen MR) is 72.3 cm³/mol. The molecule has 0 aromatic heterocycles. The van der Waals surface area contributed by atoms with Crippen molar-refractivity contribution in [1.82, 2.24) is 4.90 Å². The van der Waals surface area contributed by atoms with E-state index in [0.717, 1.165) is 25.9 Å². The maximum atomic E-state index is 11.8. The molecule has 0 spiro atoms. The van der Waals surface area contributed by atoms with Gasteiger partial charge in [-0.05, 0) is 32.1 Å². The Hall–Kier alpha value is -1.59. The number of unbranched alkanes of at least 4 members (excludes halogenated alkanes) is 2. The van der Waals surface area contributed by atoms with E-state index in [2.05, 4.69) is 0 Å². The lowest BCUT2D eigenvalue weighted by molar-refractivity contribution is -0.154. The summed E-state index contributed by atoms with van der Waals surface area (Å²) in [4.78, 5) is 35.1. The second-order valence-corrected chi connectivity index (χ2v) is 5.27. The highest BCUT2D eigenvalue weighted by Crippen LogP contribution is 2.14. The van der Waals surface area contributed by atoms with E-state index < -0.39 is 17.9 Å². The van der Waals surface area contributed by atoms with Gasteiger partial charge < -0.3 is 15.1 Å². The average molecular weight is 285 g/mol. The molecule has 0 aromatic rings. The largest absolute Gasteiger partial charge is 0.481 e. The van der Waals surface area contributed by atoms with Gasteiger partial charge in [0.05, 0.1) is 0 Å². The number of carbonyl (C=O) groups is 3. The molecule has 0 saturated carbocycles. The second kappa shape index (κ2) is 8.55. The van der Waals surface area contributed by atoms with E-state index in [1.165, 1.54) is 6.42 Å². The number of likely N-dealkylation sites (tertiary alicyclic amines) is 1. The molecule has 20 heavy (non-hydrogen) atoms. The van der Waals surface area contributed by atoms with Crippen LogP contribution >= 0.6 is 0 Å². The summed E-state index contributed by atoms with van der Waals surface area (Å²) in [6.45, 7) is 1.69. The fourth-order valence-electron chi connectivity index (χ4n) is 2.46. The number of rotatable bonds is 8. The van der Waals surface area contributed by atoms with E-state index in [4.69, 9.17) is 10.2 Å². The predicted octanol–water partition coefficient (Wildman–Crippen LogP) is 1.73. The van der Waals surface area contributed by atoms with Crippen molar-refractivity contribution in [3.8, 4) is 0 Å². The molecule has 1 saturated heterocycles. The minimum Gasteiger partial charge on any atom is -0.481 e. The van der Waals surface area contributed by atoms with Crippen LogP contribution in [0.1, 0.15) is 51.4 Å². The highest BCUT2D eigenvalue weighted by atomic mass is 16.4. The zero-order chi connectivity index (χ0) is 15.0. The molecule has 2 N–H and O–H groups in total. The average Bonchev–Trinajstić information content (AvgIpc) is 2.42. The molecule has 114 valence electrons. The maximum Gasteiger partial charge on any atom is 0.317 e. The normalized spacial score (nSPS) is 15.3. The second-order valence-electron chi connectivity index (χ2n) is 5.27. The van der Waals surface area contributed by atoms with Crippen molar-refractivity contribution in [1.29, 1.82) is 0 Å². The summed E-state index contributed by atoms with van der Waals surface area (Å²) < 4.78 is 0. The Morgan fingerprint density at radius 1 is 0.900 bits per heavy atom. The van der Waals surface area contributed by atoms with Crippen molar-refractivity contribution in [3.63, 3.8) is 0 Å². The monoisotopic (exact) mass is 285 g/mol. The lowest BCUT2D eigenvalue weighted by atomic mass is 10.0. The van der Waals surface area contributed by atoms with Crippen molar-refractivity contribution < 1.29 is 24.6 Å². The van der Waals surface area contributed by atoms with Gasteiger partial charge in [0.2, 0.25) is 5.91 Å². The third kappa shape index (κ3) is 5.59. The van der Waals surface area contributed by atoms with Gasteiger partial charge in [0.1, 0.15) is 0 Å². The minimum atomic E-state index is -1.33. The summed E-state index contributed by atoms with van der Waals surface area (Å²) in [5.74, 6) is -3.74. The van der Waals surface area contributed by atoms with Gasteiger partial charge in [0, 0.05) is 19.5 Å². The van der Waals surface area contributed by atoms with Crippen LogP contribution in [0.5, 0.6) is 0 Å². The minimum absolute atomic E-state index is 0.128. The summed E-state index contributed by atoms with van der Waals surface area (Å²) in [6, 6.07) is 0. The van der Waals surface area contributed by atoms with Gasteiger partial charge in [-0.3, -0.25) is 14.4 Å². The van der Waals surface area contributed by atoms with Gasteiger partial charge in [0.15, 0.2) is 5.92 Å². The van der Waals surface area contributed by atoms with Gasteiger partial charge in [-0.25, -0.2) is 0 Å². The third-order valence-corrected chi connectivity index (χ3v) is 3.69. The number of amides is 1. The summed E-state index contributed by atoms with van der Waals surface area (Å²) in [5.41, 5.74) is 0. The van der Waals surface area contributed by atoms with Crippen molar-refractivity contribution in [3.05, 3.63) is 0 Å². The SMILES string of the molecule is O=C(O)C(CCCCCC(=O)N1CCCCC1)C(=O)O. The van der Waals surface area contributed by atoms with E-state index in [-0.39, 0.29) is 12.3 Å². The molecule has 0 aliphatic carbocycles. The molecule has 0 unspecified atom stereocenters.